The van der Waals surface area contributed by atoms with Gasteiger partial charge < -0.3 is 14.8 Å². The van der Waals surface area contributed by atoms with E-state index in [1.807, 2.05) is 19.1 Å². The van der Waals surface area contributed by atoms with Crippen molar-refractivity contribution in [1.29, 1.82) is 0 Å². The minimum Gasteiger partial charge on any atom is -0.482 e. The van der Waals surface area contributed by atoms with Gasteiger partial charge in [0.05, 0.1) is 4.92 Å². The van der Waals surface area contributed by atoms with Gasteiger partial charge in [-0.05, 0) is 48.2 Å². The lowest BCUT2D eigenvalue weighted by molar-refractivity contribution is -0.387. The summed E-state index contributed by atoms with van der Waals surface area (Å²) in [5.41, 5.74) is 1.46. The molecule has 8 nitrogen and oxygen atoms in total. The summed E-state index contributed by atoms with van der Waals surface area (Å²) in [4.78, 5) is 33.4. The highest BCUT2D eigenvalue weighted by atomic mass is 19.1. The van der Waals surface area contributed by atoms with Crippen LogP contribution in [0.25, 0.3) is 0 Å². The molecule has 0 saturated heterocycles. The lowest BCUT2D eigenvalue weighted by atomic mass is 9.98. The van der Waals surface area contributed by atoms with Gasteiger partial charge in [-0.1, -0.05) is 19.9 Å². The fourth-order valence-electron chi connectivity index (χ4n) is 2.64. The molecule has 2 aromatic carbocycles. The number of hydrogen-bond donors (Lipinski definition) is 1. The van der Waals surface area contributed by atoms with Crippen LogP contribution in [0.1, 0.15) is 30.9 Å². The summed E-state index contributed by atoms with van der Waals surface area (Å²) in [5.74, 6) is -1.62. The first-order valence-corrected chi connectivity index (χ1v) is 8.80. The van der Waals surface area contributed by atoms with Crippen molar-refractivity contribution in [1.82, 2.24) is 0 Å². The predicted molar refractivity (Wildman–Crippen MR) is 103 cm³/mol. The number of anilines is 1. The van der Waals surface area contributed by atoms with Gasteiger partial charge in [-0.2, -0.15) is 4.39 Å². The maximum Gasteiger partial charge on any atom is 0.344 e. The molecule has 0 aliphatic heterocycles. The maximum absolute atomic E-state index is 13.3. The van der Waals surface area contributed by atoms with E-state index in [1.54, 1.807) is 6.07 Å². The van der Waals surface area contributed by atoms with Crippen molar-refractivity contribution in [3.05, 3.63) is 63.5 Å². The Balaban J connectivity index is 1.82. The number of hydrogen-bond acceptors (Lipinski definition) is 6. The standard InChI is InChI=1S/C20H21FN2O6/c1-12(2)16-6-5-15(8-13(16)3)28-11-20(25)29-10-19(24)22-14-4-7-17(21)18(9-14)23(26)27/h4-9,12H,10-11H2,1-3H3,(H,22,24). The summed E-state index contributed by atoms with van der Waals surface area (Å²) >= 11 is 0. The van der Waals surface area contributed by atoms with E-state index in [0.29, 0.717) is 11.7 Å². The molecule has 0 heterocycles. The van der Waals surface area contributed by atoms with Crippen molar-refractivity contribution in [2.75, 3.05) is 18.5 Å². The summed E-state index contributed by atoms with van der Waals surface area (Å²) in [6.07, 6.45) is 0. The largest absolute Gasteiger partial charge is 0.482 e. The molecular formula is C20H21FN2O6. The average Bonchev–Trinajstić information content (AvgIpc) is 2.65. The number of aryl methyl sites for hydroxylation is 1. The maximum atomic E-state index is 13.3. The van der Waals surface area contributed by atoms with Crippen LogP contribution in [0.5, 0.6) is 5.75 Å². The van der Waals surface area contributed by atoms with E-state index < -0.39 is 34.9 Å². The first kappa shape index (κ1) is 21.8. The van der Waals surface area contributed by atoms with Crippen LogP contribution in [0.15, 0.2) is 36.4 Å². The normalized spacial score (nSPS) is 10.5. The van der Waals surface area contributed by atoms with Crippen LogP contribution < -0.4 is 10.1 Å². The lowest BCUT2D eigenvalue weighted by Crippen LogP contribution is -2.23. The average molecular weight is 404 g/mol. The molecule has 154 valence electrons. The van der Waals surface area contributed by atoms with Gasteiger partial charge in [-0.15, -0.1) is 0 Å². The zero-order valence-electron chi connectivity index (χ0n) is 16.2. The van der Waals surface area contributed by atoms with Crippen LogP contribution in [0, 0.1) is 22.9 Å². The number of halogens is 1. The first-order valence-electron chi connectivity index (χ1n) is 8.80. The van der Waals surface area contributed by atoms with E-state index in [9.17, 15) is 24.1 Å². The Morgan fingerprint density at radius 1 is 1.17 bits per heavy atom. The summed E-state index contributed by atoms with van der Waals surface area (Å²) in [6.45, 7) is 5.12. The van der Waals surface area contributed by atoms with Gasteiger partial charge in [0.15, 0.2) is 13.2 Å². The van der Waals surface area contributed by atoms with Gasteiger partial charge in [-0.3, -0.25) is 14.9 Å². The second-order valence-electron chi connectivity index (χ2n) is 6.59. The minimum absolute atomic E-state index is 0.0103. The predicted octanol–water partition coefficient (Wildman–Crippen LogP) is 3.73. The Hall–Kier alpha value is -3.49. The van der Waals surface area contributed by atoms with Crippen molar-refractivity contribution in [2.45, 2.75) is 26.7 Å². The monoisotopic (exact) mass is 404 g/mol. The Bertz CT molecular complexity index is 929. The molecule has 0 atom stereocenters. The highest BCUT2D eigenvalue weighted by molar-refractivity contribution is 5.93. The number of rotatable bonds is 8. The third-order valence-electron chi connectivity index (χ3n) is 4.01. The Morgan fingerprint density at radius 3 is 2.52 bits per heavy atom. The van der Waals surface area contributed by atoms with Gasteiger partial charge >= 0.3 is 11.7 Å². The van der Waals surface area contributed by atoms with Gasteiger partial charge in [0.25, 0.3) is 5.91 Å². The molecule has 0 bridgehead atoms. The van der Waals surface area contributed by atoms with E-state index >= 15 is 0 Å². The first-order chi connectivity index (χ1) is 13.7. The van der Waals surface area contributed by atoms with Crippen molar-refractivity contribution in [3.8, 4) is 5.75 Å². The molecule has 1 N–H and O–H groups in total. The Labute approximate surface area is 166 Å². The number of nitrogens with one attached hydrogen (secondary N) is 1. The van der Waals surface area contributed by atoms with Gasteiger partial charge in [-0.25, -0.2) is 4.79 Å². The summed E-state index contributed by atoms with van der Waals surface area (Å²) in [6, 6.07) is 8.40. The molecule has 0 saturated carbocycles. The van der Waals surface area contributed by atoms with E-state index in [2.05, 4.69) is 19.2 Å². The third kappa shape index (κ3) is 6.27. The molecule has 2 rings (SSSR count). The van der Waals surface area contributed by atoms with Crippen molar-refractivity contribution < 1.29 is 28.4 Å². The summed E-state index contributed by atoms with van der Waals surface area (Å²) in [7, 11) is 0. The van der Waals surface area contributed by atoms with E-state index in [1.165, 1.54) is 5.56 Å². The Kier molecular flexibility index (Phi) is 7.24. The van der Waals surface area contributed by atoms with E-state index in [-0.39, 0.29) is 12.3 Å². The second-order valence-corrected chi connectivity index (χ2v) is 6.59. The summed E-state index contributed by atoms with van der Waals surface area (Å²) in [5, 5.41) is 13.0. The van der Waals surface area contributed by atoms with Crippen LogP contribution in [0.4, 0.5) is 15.8 Å². The number of nitro groups is 1. The van der Waals surface area contributed by atoms with Crippen molar-refractivity contribution in [2.24, 2.45) is 0 Å². The number of esters is 1. The molecule has 0 radical (unpaired) electrons. The summed E-state index contributed by atoms with van der Waals surface area (Å²) < 4.78 is 23.5. The van der Waals surface area contributed by atoms with Crippen LogP contribution in [0.3, 0.4) is 0 Å². The molecule has 0 aromatic heterocycles. The quantitative estimate of drug-likeness (QED) is 0.408. The SMILES string of the molecule is Cc1cc(OCC(=O)OCC(=O)Nc2ccc(F)c([N+](=O)[O-])c2)ccc1C(C)C. The zero-order chi connectivity index (χ0) is 21.6. The van der Waals surface area contributed by atoms with Crippen molar-refractivity contribution in [3.63, 3.8) is 0 Å². The number of carbonyl (C=O) groups is 2. The van der Waals surface area contributed by atoms with Gasteiger partial charge in [0.1, 0.15) is 5.75 Å². The van der Waals surface area contributed by atoms with E-state index in [4.69, 9.17) is 9.47 Å². The molecule has 0 unspecified atom stereocenters. The zero-order valence-corrected chi connectivity index (χ0v) is 16.2. The van der Waals surface area contributed by atoms with Gasteiger partial charge in [0.2, 0.25) is 5.82 Å². The molecule has 2 aromatic rings. The smallest absolute Gasteiger partial charge is 0.344 e. The van der Waals surface area contributed by atoms with E-state index in [0.717, 1.165) is 23.8 Å². The fraction of sp³-hybridized carbons (Fsp3) is 0.300. The molecular weight excluding hydrogens is 383 g/mol. The number of carbonyl (C=O) groups excluding carboxylic acids is 2. The van der Waals surface area contributed by atoms with Crippen LogP contribution in [-0.2, 0) is 14.3 Å². The molecule has 0 aliphatic carbocycles. The number of benzene rings is 2. The fourth-order valence-corrected chi connectivity index (χ4v) is 2.64. The molecule has 0 fully saturated rings. The molecule has 1 amide bonds. The van der Waals surface area contributed by atoms with Crippen molar-refractivity contribution >= 4 is 23.3 Å². The molecule has 9 heteroatoms. The topological polar surface area (TPSA) is 108 Å². The van der Waals surface area contributed by atoms with Crippen LogP contribution in [-0.4, -0.2) is 30.0 Å². The highest BCUT2D eigenvalue weighted by Gasteiger charge is 2.16. The van der Waals surface area contributed by atoms with Crippen LogP contribution in [0.2, 0.25) is 0 Å². The minimum atomic E-state index is -1.02. The number of amides is 1. The number of nitro benzene ring substituents is 1. The van der Waals surface area contributed by atoms with Gasteiger partial charge in [0, 0.05) is 11.8 Å². The lowest BCUT2D eigenvalue weighted by Gasteiger charge is -2.12. The van der Waals surface area contributed by atoms with Crippen LogP contribution >= 0.6 is 0 Å². The second kappa shape index (κ2) is 9.63. The Morgan fingerprint density at radius 2 is 1.90 bits per heavy atom. The molecule has 29 heavy (non-hydrogen) atoms. The third-order valence-corrected chi connectivity index (χ3v) is 4.01. The highest BCUT2D eigenvalue weighted by Crippen LogP contribution is 2.23. The number of nitrogens with zero attached hydrogens (tertiary/aromatic N) is 1. The molecule has 0 aliphatic rings. The number of ether oxygens (including phenoxy) is 2. The molecule has 0 spiro atoms.